The van der Waals surface area contributed by atoms with Gasteiger partial charge in [-0.1, -0.05) is 112 Å². The van der Waals surface area contributed by atoms with E-state index in [0.29, 0.717) is 19.8 Å². The Hall–Kier alpha value is -3.29. The molecular formula is C33H42N4O2. The lowest BCUT2D eigenvalue weighted by atomic mass is 9.85. The van der Waals surface area contributed by atoms with Gasteiger partial charge in [0.15, 0.2) is 0 Å². The van der Waals surface area contributed by atoms with Crippen LogP contribution in [0.15, 0.2) is 97.2 Å². The molecule has 2 atom stereocenters. The normalized spacial score (nSPS) is 13.5. The van der Waals surface area contributed by atoms with E-state index in [9.17, 15) is 0 Å². The standard InChI is InChI=1S/C33H42N4O2/c1-33(2,3)31(37(21-20-29(34)25-38-4)39-24-27-16-10-6-11-17-27)32-35-30(28-18-12-7-13-19-28)23-36(32)22-26-14-8-5-9-15-26/h5-19,23,29,31H,20-22,24-25,34H2,1-4H3/t29-,31-/m0/s1. The molecule has 0 aliphatic carbocycles. The lowest BCUT2D eigenvalue weighted by Crippen LogP contribution is -2.41. The monoisotopic (exact) mass is 526 g/mol. The topological polar surface area (TPSA) is 65.5 Å². The van der Waals surface area contributed by atoms with Crippen molar-refractivity contribution in [2.45, 2.75) is 52.4 Å². The van der Waals surface area contributed by atoms with Crippen molar-refractivity contribution in [1.29, 1.82) is 0 Å². The molecule has 0 bridgehead atoms. The first kappa shape index (κ1) is 28.7. The zero-order valence-corrected chi connectivity index (χ0v) is 23.7. The molecule has 0 saturated carbocycles. The van der Waals surface area contributed by atoms with E-state index in [0.717, 1.165) is 35.6 Å². The largest absolute Gasteiger partial charge is 0.383 e. The van der Waals surface area contributed by atoms with Crippen LogP contribution in [0.3, 0.4) is 0 Å². The Morgan fingerprint density at radius 2 is 1.46 bits per heavy atom. The average Bonchev–Trinajstić information content (AvgIpc) is 3.34. The molecule has 0 amide bonds. The van der Waals surface area contributed by atoms with E-state index in [1.54, 1.807) is 7.11 Å². The molecule has 0 fully saturated rings. The first-order valence-corrected chi connectivity index (χ1v) is 13.7. The third-order valence-corrected chi connectivity index (χ3v) is 6.77. The number of methoxy groups -OCH3 is 1. The van der Waals surface area contributed by atoms with Crippen LogP contribution in [0.4, 0.5) is 0 Å². The fraction of sp³-hybridized carbons (Fsp3) is 0.364. The van der Waals surface area contributed by atoms with Gasteiger partial charge in [0.2, 0.25) is 0 Å². The van der Waals surface area contributed by atoms with Gasteiger partial charge in [0.25, 0.3) is 0 Å². The Morgan fingerprint density at radius 3 is 2.05 bits per heavy atom. The minimum absolute atomic E-state index is 0.0811. The number of rotatable bonds is 13. The van der Waals surface area contributed by atoms with Crippen molar-refractivity contribution < 1.29 is 9.57 Å². The Bertz CT molecular complexity index is 1250. The molecule has 206 valence electrons. The predicted molar refractivity (Wildman–Crippen MR) is 158 cm³/mol. The Balaban J connectivity index is 1.75. The molecule has 0 spiro atoms. The smallest absolute Gasteiger partial charge is 0.130 e. The molecule has 1 aromatic heterocycles. The zero-order chi connectivity index (χ0) is 27.7. The molecule has 6 heteroatoms. The van der Waals surface area contributed by atoms with Crippen molar-refractivity contribution in [3.8, 4) is 11.3 Å². The highest BCUT2D eigenvalue weighted by atomic mass is 16.7. The van der Waals surface area contributed by atoms with Crippen LogP contribution < -0.4 is 5.73 Å². The van der Waals surface area contributed by atoms with Crippen LogP contribution in [0.25, 0.3) is 11.3 Å². The maximum absolute atomic E-state index is 6.60. The van der Waals surface area contributed by atoms with Gasteiger partial charge < -0.3 is 15.0 Å². The maximum Gasteiger partial charge on any atom is 0.130 e. The van der Waals surface area contributed by atoms with Gasteiger partial charge in [0, 0.05) is 38.0 Å². The molecule has 0 aliphatic rings. The van der Waals surface area contributed by atoms with E-state index in [1.807, 2.05) is 30.3 Å². The van der Waals surface area contributed by atoms with Gasteiger partial charge in [0.05, 0.1) is 24.9 Å². The van der Waals surface area contributed by atoms with Crippen LogP contribution in [0, 0.1) is 5.41 Å². The van der Waals surface area contributed by atoms with Crippen LogP contribution in [0.1, 0.15) is 50.2 Å². The van der Waals surface area contributed by atoms with Gasteiger partial charge in [-0.25, -0.2) is 4.98 Å². The summed E-state index contributed by atoms with van der Waals surface area (Å²) in [4.78, 5) is 11.9. The highest BCUT2D eigenvalue weighted by Gasteiger charge is 2.37. The van der Waals surface area contributed by atoms with Crippen molar-refractivity contribution in [2.75, 3.05) is 20.3 Å². The fourth-order valence-corrected chi connectivity index (χ4v) is 4.84. The summed E-state index contributed by atoms with van der Waals surface area (Å²) >= 11 is 0. The molecule has 1 heterocycles. The summed E-state index contributed by atoms with van der Waals surface area (Å²) in [5.74, 6) is 0.971. The first-order valence-electron chi connectivity index (χ1n) is 13.7. The maximum atomic E-state index is 6.60. The number of nitrogens with zero attached hydrogens (tertiary/aromatic N) is 3. The summed E-state index contributed by atoms with van der Waals surface area (Å²) in [6.45, 7) is 9.09. The van der Waals surface area contributed by atoms with E-state index >= 15 is 0 Å². The van der Waals surface area contributed by atoms with Crippen molar-refractivity contribution in [1.82, 2.24) is 14.6 Å². The molecule has 6 nitrogen and oxygen atoms in total. The Labute approximate surface area is 233 Å². The van der Waals surface area contributed by atoms with Gasteiger partial charge in [-0.2, -0.15) is 5.06 Å². The fourth-order valence-electron chi connectivity index (χ4n) is 4.84. The van der Waals surface area contributed by atoms with Crippen LogP contribution in [0.5, 0.6) is 0 Å². The molecule has 0 aliphatic heterocycles. The van der Waals surface area contributed by atoms with Crippen molar-refractivity contribution in [3.63, 3.8) is 0 Å². The van der Waals surface area contributed by atoms with Crippen LogP contribution in [-0.2, 0) is 22.7 Å². The predicted octanol–water partition coefficient (Wildman–Crippen LogP) is 6.48. The Kier molecular flexibility index (Phi) is 10.1. The number of benzene rings is 3. The van der Waals surface area contributed by atoms with E-state index < -0.39 is 0 Å². The summed E-state index contributed by atoms with van der Waals surface area (Å²) in [6, 6.07) is 31.0. The number of ether oxygens (including phenoxy) is 1. The van der Waals surface area contributed by atoms with Crippen LogP contribution in [-0.4, -0.2) is 40.9 Å². The van der Waals surface area contributed by atoms with Crippen LogP contribution >= 0.6 is 0 Å². The van der Waals surface area contributed by atoms with E-state index in [-0.39, 0.29) is 17.5 Å². The number of nitrogens with two attached hydrogens (primary N) is 1. The summed E-state index contributed by atoms with van der Waals surface area (Å²) in [7, 11) is 1.69. The second-order valence-corrected chi connectivity index (χ2v) is 11.1. The second-order valence-electron chi connectivity index (χ2n) is 11.1. The van der Waals surface area contributed by atoms with Crippen molar-refractivity contribution in [2.24, 2.45) is 11.1 Å². The lowest BCUT2D eigenvalue weighted by molar-refractivity contribution is -0.221. The van der Waals surface area contributed by atoms with E-state index in [2.05, 4.69) is 97.3 Å². The molecule has 0 unspecified atom stereocenters. The molecule has 39 heavy (non-hydrogen) atoms. The highest BCUT2D eigenvalue weighted by Crippen LogP contribution is 2.39. The van der Waals surface area contributed by atoms with Gasteiger partial charge in [-0.3, -0.25) is 4.84 Å². The summed E-state index contributed by atoms with van der Waals surface area (Å²) in [5.41, 5.74) is 10.6. The number of hydroxylamine groups is 2. The lowest BCUT2D eigenvalue weighted by Gasteiger charge is -2.39. The Morgan fingerprint density at radius 1 is 0.872 bits per heavy atom. The third-order valence-electron chi connectivity index (χ3n) is 6.77. The molecule has 4 aromatic rings. The first-order chi connectivity index (χ1) is 18.8. The molecule has 2 N–H and O–H groups in total. The zero-order valence-electron chi connectivity index (χ0n) is 23.7. The second kappa shape index (κ2) is 13.7. The van der Waals surface area contributed by atoms with Gasteiger partial charge in [-0.15, -0.1) is 0 Å². The number of aromatic nitrogens is 2. The molecule has 3 aromatic carbocycles. The van der Waals surface area contributed by atoms with Crippen LogP contribution in [0.2, 0.25) is 0 Å². The molecule has 4 rings (SSSR count). The number of hydrogen-bond donors (Lipinski definition) is 1. The van der Waals surface area contributed by atoms with E-state index in [4.69, 9.17) is 20.3 Å². The third kappa shape index (κ3) is 8.10. The van der Waals surface area contributed by atoms with Crippen molar-refractivity contribution in [3.05, 3.63) is 114 Å². The number of hydrogen-bond acceptors (Lipinski definition) is 5. The molecular weight excluding hydrogens is 484 g/mol. The van der Waals surface area contributed by atoms with Gasteiger partial charge in [0.1, 0.15) is 5.82 Å². The highest BCUT2D eigenvalue weighted by molar-refractivity contribution is 5.58. The quantitative estimate of drug-likeness (QED) is 0.202. The van der Waals surface area contributed by atoms with Crippen molar-refractivity contribution >= 4 is 0 Å². The minimum Gasteiger partial charge on any atom is -0.383 e. The molecule has 0 radical (unpaired) electrons. The summed E-state index contributed by atoms with van der Waals surface area (Å²) in [5, 5.41) is 2.10. The van der Waals surface area contributed by atoms with Gasteiger partial charge in [-0.05, 0) is 23.0 Å². The SMILES string of the molecule is COC[C@@H](N)CCN(OCc1ccccc1)[C@@H](c1nc(-c2ccccc2)cn1Cc1ccccc1)C(C)(C)C. The summed E-state index contributed by atoms with van der Waals surface area (Å²) in [6.07, 6.45) is 2.91. The average molecular weight is 527 g/mol. The van der Waals surface area contributed by atoms with E-state index in [1.165, 1.54) is 5.56 Å². The van der Waals surface area contributed by atoms with Gasteiger partial charge >= 0.3 is 0 Å². The minimum atomic E-state index is -0.185. The molecule has 0 saturated heterocycles. The number of imidazole rings is 1. The summed E-state index contributed by atoms with van der Waals surface area (Å²) < 4.78 is 7.59.